The van der Waals surface area contributed by atoms with Crippen molar-refractivity contribution in [2.75, 3.05) is 0 Å². The van der Waals surface area contributed by atoms with E-state index in [0.717, 1.165) is 0 Å². The van der Waals surface area contributed by atoms with Crippen LogP contribution >= 0.6 is 0 Å². The molecule has 0 heterocycles. The van der Waals surface area contributed by atoms with E-state index in [4.69, 9.17) is 5.73 Å². The molecule has 0 aromatic heterocycles. The first-order valence-electron chi connectivity index (χ1n) is 5.59. The highest BCUT2D eigenvalue weighted by Crippen LogP contribution is 2.31. The fourth-order valence-corrected chi connectivity index (χ4v) is 2.47. The number of hydrogen-bond donors (Lipinski definition) is 1. The summed E-state index contributed by atoms with van der Waals surface area (Å²) in [7, 11) is 0. The first kappa shape index (κ1) is 9.72. The van der Waals surface area contributed by atoms with Crippen molar-refractivity contribution in [2.45, 2.75) is 44.6 Å². The van der Waals surface area contributed by atoms with Crippen LogP contribution in [0.1, 0.15) is 42.7 Å². The summed E-state index contributed by atoms with van der Waals surface area (Å²) in [5.41, 5.74) is 8.95. The third-order valence-corrected chi connectivity index (χ3v) is 3.29. The highest BCUT2D eigenvalue weighted by atomic mass is 14.7. The fourth-order valence-electron chi connectivity index (χ4n) is 2.47. The quantitative estimate of drug-likeness (QED) is 0.722. The van der Waals surface area contributed by atoms with Gasteiger partial charge >= 0.3 is 0 Å². The molecule has 2 rings (SSSR count). The van der Waals surface area contributed by atoms with Crippen LogP contribution in [0.3, 0.4) is 0 Å². The van der Waals surface area contributed by atoms with Gasteiger partial charge in [0.2, 0.25) is 0 Å². The van der Waals surface area contributed by atoms with Gasteiger partial charge in [0.05, 0.1) is 0 Å². The minimum absolute atomic E-state index is 0.380. The molecule has 1 heteroatoms. The van der Waals surface area contributed by atoms with E-state index in [1.54, 1.807) is 0 Å². The van der Waals surface area contributed by atoms with Crippen molar-refractivity contribution in [3.63, 3.8) is 0 Å². The lowest BCUT2D eigenvalue weighted by Gasteiger charge is -2.29. The van der Waals surface area contributed by atoms with Crippen molar-refractivity contribution in [2.24, 2.45) is 5.73 Å². The number of hydrogen-bond acceptors (Lipinski definition) is 1. The van der Waals surface area contributed by atoms with Crippen LogP contribution in [0.25, 0.3) is 0 Å². The predicted octanol–water partition coefficient (Wildman–Crippen LogP) is 2.98. The molecule has 0 amide bonds. The Morgan fingerprint density at radius 2 is 2.00 bits per heavy atom. The Labute approximate surface area is 86.3 Å². The summed E-state index contributed by atoms with van der Waals surface area (Å²) in [4.78, 5) is 0. The van der Waals surface area contributed by atoms with Crippen molar-refractivity contribution in [3.05, 3.63) is 35.4 Å². The molecule has 2 atom stereocenters. The van der Waals surface area contributed by atoms with E-state index < -0.39 is 0 Å². The minimum Gasteiger partial charge on any atom is -0.327 e. The average Bonchev–Trinajstić information content (AvgIpc) is 2.18. The van der Waals surface area contributed by atoms with Crippen molar-refractivity contribution in [1.29, 1.82) is 0 Å². The SMILES string of the molecule is Cc1cccc([C@H]2CCCC[C@H]2N)c1. The summed E-state index contributed by atoms with van der Waals surface area (Å²) in [6.45, 7) is 2.15. The van der Waals surface area contributed by atoms with Gasteiger partial charge in [-0.15, -0.1) is 0 Å². The van der Waals surface area contributed by atoms with E-state index in [-0.39, 0.29) is 0 Å². The molecule has 14 heavy (non-hydrogen) atoms. The molecule has 0 aliphatic heterocycles. The smallest absolute Gasteiger partial charge is 0.0108 e. The van der Waals surface area contributed by atoms with E-state index in [2.05, 4.69) is 31.2 Å². The third kappa shape index (κ3) is 1.98. The van der Waals surface area contributed by atoms with Crippen LogP contribution in [-0.2, 0) is 0 Å². The van der Waals surface area contributed by atoms with Crippen molar-refractivity contribution in [3.8, 4) is 0 Å². The van der Waals surface area contributed by atoms with Crippen LogP contribution in [0.4, 0.5) is 0 Å². The molecule has 2 N–H and O–H groups in total. The average molecular weight is 189 g/mol. The summed E-state index contributed by atoms with van der Waals surface area (Å²) in [6, 6.07) is 9.19. The molecule has 0 radical (unpaired) electrons. The zero-order chi connectivity index (χ0) is 9.97. The molecule has 0 bridgehead atoms. The normalized spacial score (nSPS) is 27.6. The van der Waals surface area contributed by atoms with E-state index in [1.165, 1.54) is 36.8 Å². The first-order valence-corrected chi connectivity index (χ1v) is 5.59. The molecule has 1 saturated carbocycles. The Hall–Kier alpha value is -0.820. The van der Waals surface area contributed by atoms with Gasteiger partial charge in [0.25, 0.3) is 0 Å². The van der Waals surface area contributed by atoms with Gasteiger partial charge < -0.3 is 5.73 Å². The monoisotopic (exact) mass is 189 g/mol. The number of nitrogens with two attached hydrogens (primary N) is 1. The van der Waals surface area contributed by atoms with E-state index in [0.29, 0.717) is 12.0 Å². The zero-order valence-corrected chi connectivity index (χ0v) is 8.87. The maximum absolute atomic E-state index is 6.16. The number of aryl methyl sites for hydroxylation is 1. The van der Waals surface area contributed by atoms with Crippen LogP contribution < -0.4 is 5.73 Å². The second-order valence-electron chi connectivity index (χ2n) is 4.47. The molecular weight excluding hydrogens is 170 g/mol. The highest BCUT2D eigenvalue weighted by molar-refractivity contribution is 5.27. The van der Waals surface area contributed by atoms with Gasteiger partial charge in [-0.2, -0.15) is 0 Å². The Kier molecular flexibility index (Phi) is 2.87. The van der Waals surface area contributed by atoms with Gasteiger partial charge in [-0.25, -0.2) is 0 Å². The maximum atomic E-state index is 6.16. The molecule has 1 nitrogen and oxygen atoms in total. The van der Waals surface area contributed by atoms with Gasteiger partial charge in [-0.3, -0.25) is 0 Å². The fraction of sp³-hybridized carbons (Fsp3) is 0.538. The molecular formula is C13H19N. The number of rotatable bonds is 1. The third-order valence-electron chi connectivity index (χ3n) is 3.29. The second kappa shape index (κ2) is 4.14. The Bertz CT molecular complexity index is 306. The lowest BCUT2D eigenvalue weighted by Crippen LogP contribution is -2.31. The van der Waals surface area contributed by atoms with Crippen molar-refractivity contribution in [1.82, 2.24) is 0 Å². The lowest BCUT2D eigenvalue weighted by atomic mass is 9.80. The number of benzene rings is 1. The maximum Gasteiger partial charge on any atom is 0.0108 e. The van der Waals surface area contributed by atoms with Gasteiger partial charge in [-0.05, 0) is 31.2 Å². The highest BCUT2D eigenvalue weighted by Gasteiger charge is 2.22. The largest absolute Gasteiger partial charge is 0.327 e. The molecule has 1 fully saturated rings. The van der Waals surface area contributed by atoms with E-state index >= 15 is 0 Å². The van der Waals surface area contributed by atoms with Crippen LogP contribution in [0.15, 0.2) is 24.3 Å². The Morgan fingerprint density at radius 1 is 1.21 bits per heavy atom. The molecule has 0 unspecified atom stereocenters. The predicted molar refractivity (Wildman–Crippen MR) is 60.4 cm³/mol. The Morgan fingerprint density at radius 3 is 2.71 bits per heavy atom. The molecule has 1 aliphatic carbocycles. The lowest BCUT2D eigenvalue weighted by molar-refractivity contribution is 0.385. The minimum atomic E-state index is 0.380. The van der Waals surface area contributed by atoms with Crippen LogP contribution in [0.5, 0.6) is 0 Å². The zero-order valence-electron chi connectivity index (χ0n) is 8.87. The topological polar surface area (TPSA) is 26.0 Å². The van der Waals surface area contributed by atoms with Crippen LogP contribution in [-0.4, -0.2) is 6.04 Å². The summed E-state index contributed by atoms with van der Waals surface area (Å²) in [5.74, 6) is 0.601. The Balaban J connectivity index is 2.20. The van der Waals surface area contributed by atoms with Crippen LogP contribution in [0.2, 0.25) is 0 Å². The molecule has 0 saturated heterocycles. The molecule has 76 valence electrons. The van der Waals surface area contributed by atoms with Gasteiger partial charge in [-0.1, -0.05) is 42.7 Å². The van der Waals surface area contributed by atoms with E-state index in [9.17, 15) is 0 Å². The summed E-state index contributed by atoms with van der Waals surface area (Å²) >= 11 is 0. The molecule has 1 aromatic carbocycles. The van der Waals surface area contributed by atoms with Crippen molar-refractivity contribution < 1.29 is 0 Å². The first-order chi connectivity index (χ1) is 6.77. The van der Waals surface area contributed by atoms with Crippen LogP contribution in [0, 0.1) is 6.92 Å². The molecule has 1 aliphatic rings. The standard InChI is InChI=1S/C13H19N/c1-10-5-4-6-11(9-10)12-7-2-3-8-13(12)14/h4-6,9,12-13H,2-3,7-8,14H2,1H3/t12-,13-/m1/s1. The second-order valence-corrected chi connectivity index (χ2v) is 4.47. The summed E-state index contributed by atoms with van der Waals surface area (Å²) in [5, 5.41) is 0. The van der Waals surface area contributed by atoms with E-state index in [1.807, 2.05) is 0 Å². The molecule has 0 spiro atoms. The van der Waals surface area contributed by atoms with Gasteiger partial charge in [0.15, 0.2) is 0 Å². The molecule has 1 aromatic rings. The van der Waals surface area contributed by atoms with Crippen molar-refractivity contribution >= 4 is 0 Å². The summed E-state index contributed by atoms with van der Waals surface area (Å²) < 4.78 is 0. The van der Waals surface area contributed by atoms with Gasteiger partial charge in [0, 0.05) is 6.04 Å². The van der Waals surface area contributed by atoms with Gasteiger partial charge in [0.1, 0.15) is 0 Å². The summed E-state index contributed by atoms with van der Waals surface area (Å²) in [6.07, 6.45) is 5.11.